The number of hydrogen-bond acceptors (Lipinski definition) is 4. The van der Waals surface area contributed by atoms with E-state index >= 15 is 0 Å². The van der Waals surface area contributed by atoms with Crippen LogP contribution in [0.25, 0.3) is 11.1 Å². The topological polar surface area (TPSA) is 65.4 Å². The predicted molar refractivity (Wildman–Crippen MR) is 110 cm³/mol. The van der Waals surface area contributed by atoms with E-state index in [0.717, 1.165) is 35.1 Å². The molecule has 2 aliphatic rings. The molecule has 1 saturated carbocycles. The molecule has 0 spiro atoms. The molecule has 0 saturated heterocycles. The number of fused-ring (bicyclic) bond motifs is 1. The summed E-state index contributed by atoms with van der Waals surface area (Å²) in [5, 5.41) is 0. The van der Waals surface area contributed by atoms with E-state index in [2.05, 4.69) is 13.8 Å². The van der Waals surface area contributed by atoms with Crippen LogP contribution in [0.2, 0.25) is 0 Å². The molecule has 1 aromatic heterocycles. The SMILES string of the molecule is Cn1cc(-c2cc(S(C)(=O)=O)ccc2OCC2CC2)c2c(c1=O)CC(C)(C)C2. The fraction of sp³-hybridized carbons (Fsp3) is 0.500. The van der Waals surface area contributed by atoms with Crippen LogP contribution in [-0.2, 0) is 29.7 Å². The maximum atomic E-state index is 12.7. The molecule has 150 valence electrons. The second-order valence-corrected chi connectivity index (χ2v) is 11.1. The van der Waals surface area contributed by atoms with Crippen molar-refractivity contribution in [3.8, 4) is 16.9 Å². The van der Waals surface area contributed by atoms with Gasteiger partial charge in [-0.2, -0.15) is 0 Å². The molecule has 28 heavy (non-hydrogen) atoms. The van der Waals surface area contributed by atoms with E-state index in [1.165, 1.54) is 19.1 Å². The van der Waals surface area contributed by atoms with Crippen molar-refractivity contribution in [1.82, 2.24) is 4.57 Å². The zero-order valence-corrected chi connectivity index (χ0v) is 17.7. The lowest BCUT2D eigenvalue weighted by molar-refractivity contribution is 0.301. The van der Waals surface area contributed by atoms with Crippen molar-refractivity contribution in [2.24, 2.45) is 18.4 Å². The summed E-state index contributed by atoms with van der Waals surface area (Å²) in [5.41, 5.74) is 3.56. The summed E-state index contributed by atoms with van der Waals surface area (Å²) < 4.78 is 32.0. The highest BCUT2D eigenvalue weighted by atomic mass is 32.2. The molecule has 1 fully saturated rings. The lowest BCUT2D eigenvalue weighted by Crippen LogP contribution is -2.22. The molecule has 2 aromatic rings. The zero-order valence-electron chi connectivity index (χ0n) is 16.9. The Morgan fingerprint density at radius 3 is 2.46 bits per heavy atom. The lowest BCUT2D eigenvalue weighted by atomic mass is 9.89. The van der Waals surface area contributed by atoms with Gasteiger partial charge in [0, 0.05) is 36.2 Å². The largest absolute Gasteiger partial charge is 0.493 e. The Labute approximate surface area is 166 Å². The van der Waals surface area contributed by atoms with Gasteiger partial charge in [-0.25, -0.2) is 8.42 Å². The van der Waals surface area contributed by atoms with Crippen LogP contribution in [-0.4, -0.2) is 25.8 Å². The molecule has 0 atom stereocenters. The Bertz CT molecular complexity index is 1110. The normalized spacial score (nSPS) is 18.1. The number of hydrogen-bond donors (Lipinski definition) is 0. The van der Waals surface area contributed by atoms with Gasteiger partial charge in [0.25, 0.3) is 5.56 Å². The number of ether oxygens (including phenoxy) is 1. The van der Waals surface area contributed by atoms with Gasteiger partial charge in [0.15, 0.2) is 9.84 Å². The van der Waals surface area contributed by atoms with Crippen LogP contribution in [0.1, 0.15) is 37.8 Å². The monoisotopic (exact) mass is 401 g/mol. The van der Waals surface area contributed by atoms with Gasteiger partial charge < -0.3 is 9.30 Å². The van der Waals surface area contributed by atoms with E-state index in [1.807, 2.05) is 6.20 Å². The van der Waals surface area contributed by atoms with Gasteiger partial charge >= 0.3 is 0 Å². The fourth-order valence-corrected chi connectivity index (χ4v) is 4.69. The van der Waals surface area contributed by atoms with Crippen LogP contribution < -0.4 is 10.3 Å². The van der Waals surface area contributed by atoms with Crippen molar-refractivity contribution in [1.29, 1.82) is 0 Å². The van der Waals surface area contributed by atoms with E-state index in [0.29, 0.717) is 18.3 Å². The molecule has 0 N–H and O–H groups in total. The first kappa shape index (κ1) is 19.2. The summed E-state index contributed by atoms with van der Waals surface area (Å²) in [7, 11) is -1.60. The van der Waals surface area contributed by atoms with Crippen molar-refractivity contribution in [2.45, 2.75) is 44.4 Å². The molecule has 2 aliphatic carbocycles. The number of nitrogens with zero attached hydrogens (tertiary/aromatic N) is 1. The third-order valence-corrected chi connectivity index (χ3v) is 6.85. The molecule has 4 rings (SSSR count). The molecule has 6 heteroatoms. The standard InChI is InChI=1S/C22H27NO4S/c1-22(2)10-17-18(11-22)21(24)23(3)12-19(17)16-9-15(28(4,25)26)7-8-20(16)27-13-14-5-6-14/h7-9,12,14H,5-6,10-11,13H2,1-4H3. The molecular weight excluding hydrogens is 374 g/mol. The molecule has 0 unspecified atom stereocenters. The van der Waals surface area contributed by atoms with Crippen LogP contribution >= 0.6 is 0 Å². The first-order chi connectivity index (χ1) is 13.0. The average molecular weight is 402 g/mol. The van der Waals surface area contributed by atoms with Gasteiger partial charge in [-0.1, -0.05) is 13.8 Å². The van der Waals surface area contributed by atoms with Crippen molar-refractivity contribution in [3.05, 3.63) is 45.9 Å². The molecule has 5 nitrogen and oxygen atoms in total. The van der Waals surface area contributed by atoms with Crippen LogP contribution in [0.15, 0.2) is 34.1 Å². The fourth-order valence-electron chi connectivity index (χ4n) is 4.04. The molecule has 0 aliphatic heterocycles. The first-order valence-electron chi connectivity index (χ1n) is 9.74. The van der Waals surface area contributed by atoms with Gasteiger partial charge in [0.2, 0.25) is 0 Å². The lowest BCUT2D eigenvalue weighted by Gasteiger charge is -2.18. The molecular formula is C22H27NO4S. The van der Waals surface area contributed by atoms with Crippen LogP contribution in [0.3, 0.4) is 0 Å². The maximum absolute atomic E-state index is 12.7. The average Bonchev–Trinajstić information content (AvgIpc) is 3.37. The second-order valence-electron chi connectivity index (χ2n) is 9.12. The van der Waals surface area contributed by atoms with E-state index in [9.17, 15) is 13.2 Å². The van der Waals surface area contributed by atoms with Crippen LogP contribution in [0.5, 0.6) is 5.75 Å². The Morgan fingerprint density at radius 2 is 1.82 bits per heavy atom. The number of rotatable bonds is 5. The molecule has 1 aromatic carbocycles. The number of sulfone groups is 1. The highest BCUT2D eigenvalue weighted by molar-refractivity contribution is 7.90. The summed E-state index contributed by atoms with van der Waals surface area (Å²) >= 11 is 0. The van der Waals surface area contributed by atoms with E-state index < -0.39 is 9.84 Å². The number of aromatic nitrogens is 1. The zero-order chi connectivity index (χ0) is 20.3. The number of aryl methyl sites for hydroxylation is 1. The molecule has 0 radical (unpaired) electrons. The highest BCUT2D eigenvalue weighted by Gasteiger charge is 2.34. The molecule has 0 bridgehead atoms. The Balaban J connectivity index is 1.91. The van der Waals surface area contributed by atoms with E-state index in [-0.39, 0.29) is 15.9 Å². The van der Waals surface area contributed by atoms with Gasteiger partial charge in [-0.05, 0) is 60.8 Å². The van der Waals surface area contributed by atoms with Crippen molar-refractivity contribution in [3.63, 3.8) is 0 Å². The second kappa shape index (κ2) is 6.48. The summed E-state index contributed by atoms with van der Waals surface area (Å²) in [4.78, 5) is 13.0. The summed E-state index contributed by atoms with van der Waals surface area (Å²) in [6, 6.07) is 5.06. The minimum Gasteiger partial charge on any atom is -0.493 e. The summed E-state index contributed by atoms with van der Waals surface area (Å²) in [6.45, 7) is 4.96. The van der Waals surface area contributed by atoms with Crippen LogP contribution in [0, 0.1) is 11.3 Å². The summed E-state index contributed by atoms with van der Waals surface area (Å²) in [6.07, 6.45) is 6.92. The minimum absolute atomic E-state index is 0.00801. The van der Waals surface area contributed by atoms with E-state index in [1.54, 1.807) is 29.8 Å². The predicted octanol–water partition coefficient (Wildman–Crippen LogP) is 3.37. The quantitative estimate of drug-likeness (QED) is 0.771. The van der Waals surface area contributed by atoms with Crippen molar-refractivity contribution >= 4 is 9.84 Å². The number of pyridine rings is 1. The third-order valence-electron chi connectivity index (χ3n) is 5.74. The minimum atomic E-state index is -3.35. The third kappa shape index (κ3) is 3.62. The summed E-state index contributed by atoms with van der Waals surface area (Å²) in [5.74, 6) is 1.28. The van der Waals surface area contributed by atoms with Crippen LogP contribution in [0.4, 0.5) is 0 Å². The van der Waals surface area contributed by atoms with Gasteiger partial charge in [-0.15, -0.1) is 0 Å². The van der Waals surface area contributed by atoms with E-state index in [4.69, 9.17) is 4.74 Å². The highest BCUT2D eigenvalue weighted by Crippen LogP contribution is 2.43. The molecule has 0 amide bonds. The van der Waals surface area contributed by atoms with Gasteiger partial charge in [-0.3, -0.25) is 4.79 Å². The Hall–Kier alpha value is -2.08. The Morgan fingerprint density at radius 1 is 1.14 bits per heavy atom. The maximum Gasteiger partial charge on any atom is 0.253 e. The van der Waals surface area contributed by atoms with Gasteiger partial charge in [0.1, 0.15) is 5.75 Å². The smallest absolute Gasteiger partial charge is 0.253 e. The Kier molecular flexibility index (Phi) is 4.45. The van der Waals surface area contributed by atoms with Crippen molar-refractivity contribution in [2.75, 3.05) is 12.9 Å². The molecule has 1 heterocycles. The first-order valence-corrected chi connectivity index (χ1v) is 11.6. The van der Waals surface area contributed by atoms with Crippen molar-refractivity contribution < 1.29 is 13.2 Å². The van der Waals surface area contributed by atoms with Gasteiger partial charge in [0.05, 0.1) is 11.5 Å². The number of benzene rings is 1.